The molecule has 0 bridgehead atoms. The van der Waals surface area contributed by atoms with Crippen molar-refractivity contribution in [1.29, 1.82) is 0 Å². The molecule has 1 aromatic heterocycles. The predicted molar refractivity (Wildman–Crippen MR) is 78.9 cm³/mol. The average molecular weight is 309 g/mol. The lowest BCUT2D eigenvalue weighted by Crippen LogP contribution is -2.07. The first-order valence-corrected chi connectivity index (χ1v) is 7.44. The molecule has 5 nitrogen and oxygen atoms in total. The molecule has 21 heavy (non-hydrogen) atoms. The maximum atomic E-state index is 13.6. The van der Waals surface area contributed by atoms with Gasteiger partial charge in [-0.2, -0.15) is 0 Å². The molecule has 1 aromatic carbocycles. The fourth-order valence-electron chi connectivity index (χ4n) is 2.03. The van der Waals surface area contributed by atoms with Gasteiger partial charge >= 0.3 is 5.97 Å². The summed E-state index contributed by atoms with van der Waals surface area (Å²) in [5.74, 6) is -0.794. The average Bonchev–Trinajstić information content (AvgIpc) is 2.78. The van der Waals surface area contributed by atoms with Gasteiger partial charge < -0.3 is 5.11 Å². The summed E-state index contributed by atoms with van der Waals surface area (Å²) in [6, 6.07) is 4.72. The van der Waals surface area contributed by atoms with Crippen LogP contribution in [0.5, 0.6) is 0 Å². The van der Waals surface area contributed by atoms with E-state index in [0.717, 1.165) is 17.3 Å². The maximum absolute atomic E-state index is 13.6. The van der Waals surface area contributed by atoms with E-state index in [1.807, 2.05) is 31.4 Å². The Labute approximate surface area is 126 Å². The van der Waals surface area contributed by atoms with Gasteiger partial charge in [-0.1, -0.05) is 11.8 Å². The molecule has 0 aliphatic carbocycles. The fraction of sp³-hybridized carbons (Fsp3) is 0.357. The van der Waals surface area contributed by atoms with E-state index >= 15 is 0 Å². The molecular weight excluding hydrogens is 293 g/mol. The Morgan fingerprint density at radius 2 is 2.10 bits per heavy atom. The van der Waals surface area contributed by atoms with Crippen molar-refractivity contribution < 1.29 is 14.3 Å². The molecular formula is C14H16FN3O2S. The van der Waals surface area contributed by atoms with Gasteiger partial charge in [0, 0.05) is 11.6 Å². The lowest BCUT2D eigenvalue weighted by Gasteiger charge is -2.13. The Morgan fingerprint density at radius 3 is 2.67 bits per heavy atom. The van der Waals surface area contributed by atoms with Gasteiger partial charge in [0.15, 0.2) is 11.0 Å². The molecule has 0 aliphatic rings. The second kappa shape index (κ2) is 6.26. The van der Waals surface area contributed by atoms with E-state index in [-0.39, 0.29) is 17.6 Å². The highest BCUT2D eigenvalue weighted by atomic mass is 32.2. The first-order chi connectivity index (χ1) is 9.88. The monoisotopic (exact) mass is 309 g/mol. The van der Waals surface area contributed by atoms with Crippen LogP contribution < -0.4 is 0 Å². The van der Waals surface area contributed by atoms with E-state index in [0.29, 0.717) is 16.5 Å². The molecule has 0 fully saturated rings. The fourth-order valence-corrected chi connectivity index (χ4v) is 2.82. The number of nitrogens with zero attached hydrogens (tertiary/aromatic N) is 3. The number of thioether (sulfide) groups is 1. The Hall–Kier alpha value is -1.89. The number of rotatable bonds is 5. The van der Waals surface area contributed by atoms with Crippen LogP contribution in [0.3, 0.4) is 0 Å². The second-order valence-corrected chi connectivity index (χ2v) is 5.91. The van der Waals surface area contributed by atoms with Gasteiger partial charge in [0.1, 0.15) is 5.82 Å². The lowest BCUT2D eigenvalue weighted by atomic mass is 10.1. The number of halogens is 1. The van der Waals surface area contributed by atoms with Crippen molar-refractivity contribution in [2.45, 2.75) is 32.0 Å². The van der Waals surface area contributed by atoms with E-state index in [2.05, 4.69) is 10.2 Å². The number of aryl methyl sites for hydroxylation is 1. The van der Waals surface area contributed by atoms with Gasteiger partial charge in [-0.05, 0) is 44.5 Å². The molecule has 0 atom stereocenters. The molecule has 0 radical (unpaired) electrons. The number of benzene rings is 1. The zero-order valence-electron chi connectivity index (χ0n) is 12.0. The number of carbonyl (C=O) groups is 1. The largest absolute Gasteiger partial charge is 0.481 e. The van der Waals surface area contributed by atoms with Gasteiger partial charge in [0.05, 0.1) is 5.75 Å². The molecule has 112 valence electrons. The van der Waals surface area contributed by atoms with E-state index in [9.17, 15) is 9.18 Å². The summed E-state index contributed by atoms with van der Waals surface area (Å²) < 4.78 is 15.4. The van der Waals surface area contributed by atoms with Crippen LogP contribution in [0.25, 0.3) is 11.4 Å². The highest BCUT2D eigenvalue weighted by molar-refractivity contribution is 7.99. The first kappa shape index (κ1) is 15.5. The minimum Gasteiger partial charge on any atom is -0.481 e. The number of aromatic nitrogens is 3. The standard InChI is InChI=1S/C14H16FN3O2S/c1-8(2)18-13(10-4-9(3)5-11(15)6-10)16-17-14(18)21-7-12(19)20/h4-6,8H,7H2,1-3H3,(H,19,20). The Balaban J connectivity index is 2.46. The van der Waals surface area contributed by atoms with Gasteiger partial charge in [0.2, 0.25) is 0 Å². The van der Waals surface area contributed by atoms with Crippen LogP contribution in [0.15, 0.2) is 23.4 Å². The smallest absolute Gasteiger partial charge is 0.313 e. The van der Waals surface area contributed by atoms with E-state index in [4.69, 9.17) is 5.11 Å². The summed E-state index contributed by atoms with van der Waals surface area (Å²) in [7, 11) is 0. The molecule has 1 heterocycles. The van der Waals surface area contributed by atoms with Crippen LogP contribution in [0.4, 0.5) is 4.39 Å². The summed E-state index contributed by atoms with van der Waals surface area (Å²) in [5, 5.41) is 17.4. The van der Waals surface area contributed by atoms with Gasteiger partial charge in [-0.15, -0.1) is 10.2 Å². The highest BCUT2D eigenvalue weighted by Gasteiger charge is 2.18. The predicted octanol–water partition coefficient (Wildman–Crippen LogP) is 3.15. The normalized spacial score (nSPS) is 11.1. The van der Waals surface area contributed by atoms with Crippen molar-refractivity contribution in [3.05, 3.63) is 29.6 Å². The van der Waals surface area contributed by atoms with Crippen LogP contribution in [-0.4, -0.2) is 31.6 Å². The quantitative estimate of drug-likeness (QED) is 0.859. The van der Waals surface area contributed by atoms with Crippen molar-refractivity contribution in [1.82, 2.24) is 14.8 Å². The SMILES string of the molecule is Cc1cc(F)cc(-c2nnc(SCC(=O)O)n2C(C)C)c1. The first-order valence-electron chi connectivity index (χ1n) is 6.45. The minimum absolute atomic E-state index is 0.0369. The molecule has 0 saturated carbocycles. The molecule has 0 aliphatic heterocycles. The van der Waals surface area contributed by atoms with Crippen LogP contribution in [0, 0.1) is 12.7 Å². The number of carboxylic acid groups (broad SMARTS) is 1. The summed E-state index contributed by atoms with van der Waals surface area (Å²) in [6.07, 6.45) is 0. The lowest BCUT2D eigenvalue weighted by molar-refractivity contribution is -0.133. The van der Waals surface area contributed by atoms with Crippen molar-refractivity contribution in [2.24, 2.45) is 0 Å². The molecule has 0 unspecified atom stereocenters. The van der Waals surface area contributed by atoms with Crippen LogP contribution in [-0.2, 0) is 4.79 Å². The topological polar surface area (TPSA) is 68.0 Å². The summed E-state index contributed by atoms with van der Waals surface area (Å²) >= 11 is 1.10. The van der Waals surface area contributed by atoms with Crippen LogP contribution >= 0.6 is 11.8 Å². The van der Waals surface area contributed by atoms with E-state index < -0.39 is 5.97 Å². The van der Waals surface area contributed by atoms with Gasteiger partial charge in [0.25, 0.3) is 0 Å². The summed E-state index contributed by atoms with van der Waals surface area (Å²) in [5.41, 5.74) is 1.43. The third kappa shape index (κ3) is 3.60. The molecule has 2 aromatic rings. The van der Waals surface area contributed by atoms with Crippen LogP contribution in [0.2, 0.25) is 0 Å². The Morgan fingerprint density at radius 1 is 1.38 bits per heavy atom. The maximum Gasteiger partial charge on any atom is 0.313 e. The minimum atomic E-state index is -0.915. The third-order valence-corrected chi connectivity index (χ3v) is 3.73. The van der Waals surface area contributed by atoms with Gasteiger partial charge in [-0.3, -0.25) is 9.36 Å². The number of hydrogen-bond acceptors (Lipinski definition) is 4. The number of carboxylic acids is 1. The third-order valence-electron chi connectivity index (χ3n) is 2.81. The zero-order chi connectivity index (χ0) is 15.6. The molecule has 0 spiro atoms. The van der Waals surface area contributed by atoms with E-state index in [1.165, 1.54) is 12.1 Å². The van der Waals surface area contributed by atoms with Crippen LogP contribution in [0.1, 0.15) is 25.5 Å². The van der Waals surface area contributed by atoms with Crippen molar-refractivity contribution in [3.8, 4) is 11.4 Å². The summed E-state index contributed by atoms with van der Waals surface area (Å²) in [6.45, 7) is 5.70. The molecule has 2 rings (SSSR count). The molecule has 1 N–H and O–H groups in total. The Bertz CT molecular complexity index is 650. The molecule has 0 amide bonds. The number of aliphatic carboxylic acids is 1. The molecule has 7 heteroatoms. The van der Waals surface area contributed by atoms with Crippen molar-refractivity contribution >= 4 is 17.7 Å². The zero-order valence-corrected chi connectivity index (χ0v) is 12.8. The second-order valence-electron chi connectivity index (χ2n) is 4.97. The van der Waals surface area contributed by atoms with Gasteiger partial charge in [-0.25, -0.2) is 4.39 Å². The van der Waals surface area contributed by atoms with Crippen molar-refractivity contribution in [2.75, 3.05) is 5.75 Å². The molecule has 0 saturated heterocycles. The Kier molecular flexibility index (Phi) is 4.62. The van der Waals surface area contributed by atoms with E-state index in [1.54, 1.807) is 0 Å². The van der Waals surface area contributed by atoms with Crippen molar-refractivity contribution in [3.63, 3.8) is 0 Å². The highest BCUT2D eigenvalue weighted by Crippen LogP contribution is 2.28. The summed E-state index contributed by atoms with van der Waals surface area (Å²) in [4.78, 5) is 10.7. The number of hydrogen-bond donors (Lipinski definition) is 1.